The van der Waals surface area contributed by atoms with Crippen molar-refractivity contribution >= 4 is 27.3 Å². The summed E-state index contributed by atoms with van der Waals surface area (Å²) in [5.74, 6) is -2.30. The van der Waals surface area contributed by atoms with Crippen LogP contribution in [0.2, 0.25) is 0 Å². The first kappa shape index (κ1) is 21.4. The molecule has 2 fully saturated rings. The third-order valence-corrected chi connectivity index (χ3v) is 8.56. The molecule has 4 rings (SSSR count). The van der Waals surface area contributed by atoms with Crippen LogP contribution < -0.4 is 0 Å². The van der Waals surface area contributed by atoms with E-state index in [-0.39, 0.29) is 43.0 Å². The van der Waals surface area contributed by atoms with Gasteiger partial charge in [-0.05, 0) is 49.0 Å². The van der Waals surface area contributed by atoms with Crippen molar-refractivity contribution in [3.63, 3.8) is 0 Å². The Morgan fingerprint density at radius 1 is 1.07 bits per heavy atom. The second-order valence-electron chi connectivity index (χ2n) is 7.50. The van der Waals surface area contributed by atoms with E-state index in [1.165, 1.54) is 9.18 Å². The van der Waals surface area contributed by atoms with E-state index in [0.717, 1.165) is 31.5 Å². The Labute approximate surface area is 178 Å². The number of sulfonamides is 1. The maximum absolute atomic E-state index is 13.5. The molecule has 0 aliphatic carbocycles. The van der Waals surface area contributed by atoms with Crippen LogP contribution >= 0.6 is 11.3 Å². The fraction of sp³-hybridized carbons (Fsp3) is 0.450. The zero-order valence-electron chi connectivity index (χ0n) is 16.3. The topological polar surface area (TPSA) is 60.9 Å². The second-order valence-corrected chi connectivity index (χ2v) is 10.4. The number of carbonyl (C=O) groups is 1. The monoisotopic (exact) mass is 455 g/mol. The molecule has 2 aliphatic heterocycles. The maximum Gasteiger partial charge on any atom is 0.243 e. The summed E-state index contributed by atoms with van der Waals surface area (Å²) in [6, 6.07) is 6.94. The summed E-state index contributed by atoms with van der Waals surface area (Å²) >= 11 is 1.70. The Kier molecular flexibility index (Phi) is 6.19. The van der Waals surface area contributed by atoms with Gasteiger partial charge in [0.15, 0.2) is 11.6 Å². The predicted molar refractivity (Wildman–Crippen MR) is 110 cm³/mol. The lowest BCUT2D eigenvalue weighted by molar-refractivity contribution is -0.133. The molecule has 1 atom stereocenters. The molecule has 0 saturated carbocycles. The van der Waals surface area contributed by atoms with E-state index in [4.69, 9.17) is 0 Å². The highest BCUT2D eigenvalue weighted by Crippen LogP contribution is 2.34. The molecule has 0 radical (unpaired) electrons. The van der Waals surface area contributed by atoms with Crippen molar-refractivity contribution in [2.75, 3.05) is 39.3 Å². The van der Waals surface area contributed by atoms with E-state index in [0.29, 0.717) is 12.6 Å². The van der Waals surface area contributed by atoms with Gasteiger partial charge in [0.1, 0.15) is 0 Å². The van der Waals surface area contributed by atoms with E-state index >= 15 is 0 Å². The molecule has 10 heteroatoms. The molecule has 0 bridgehead atoms. The average molecular weight is 456 g/mol. The molecule has 162 valence electrons. The van der Waals surface area contributed by atoms with Gasteiger partial charge in [-0.3, -0.25) is 9.69 Å². The fourth-order valence-corrected chi connectivity index (χ4v) is 6.39. The highest BCUT2D eigenvalue weighted by molar-refractivity contribution is 7.89. The van der Waals surface area contributed by atoms with Crippen molar-refractivity contribution in [2.45, 2.75) is 23.8 Å². The van der Waals surface area contributed by atoms with Crippen LogP contribution in [0, 0.1) is 11.6 Å². The summed E-state index contributed by atoms with van der Waals surface area (Å²) < 4.78 is 53.2. The number of rotatable bonds is 5. The summed E-state index contributed by atoms with van der Waals surface area (Å²) in [4.78, 5) is 17.7. The number of piperazine rings is 1. The number of amides is 1. The molecule has 0 unspecified atom stereocenters. The van der Waals surface area contributed by atoms with Gasteiger partial charge in [0.05, 0.1) is 11.4 Å². The molecule has 2 saturated heterocycles. The number of hydrogen-bond acceptors (Lipinski definition) is 5. The van der Waals surface area contributed by atoms with Crippen LogP contribution in [0.5, 0.6) is 0 Å². The van der Waals surface area contributed by atoms with Gasteiger partial charge < -0.3 is 4.90 Å². The first-order chi connectivity index (χ1) is 14.4. The molecule has 6 nitrogen and oxygen atoms in total. The minimum Gasteiger partial charge on any atom is -0.339 e. The van der Waals surface area contributed by atoms with Crippen molar-refractivity contribution in [3.05, 3.63) is 52.2 Å². The van der Waals surface area contributed by atoms with Gasteiger partial charge in [-0.25, -0.2) is 17.2 Å². The van der Waals surface area contributed by atoms with E-state index in [1.54, 1.807) is 16.2 Å². The third-order valence-electron chi connectivity index (χ3n) is 5.69. The van der Waals surface area contributed by atoms with Crippen LogP contribution in [-0.4, -0.2) is 67.7 Å². The number of hydrogen-bond donors (Lipinski definition) is 0. The zero-order chi connectivity index (χ0) is 21.3. The highest BCUT2D eigenvalue weighted by atomic mass is 32.2. The van der Waals surface area contributed by atoms with E-state index in [1.807, 2.05) is 11.4 Å². The number of halogens is 2. The van der Waals surface area contributed by atoms with Crippen molar-refractivity contribution in [1.82, 2.24) is 14.1 Å². The molecule has 3 heterocycles. The number of thiophene rings is 1. The first-order valence-electron chi connectivity index (χ1n) is 9.86. The van der Waals surface area contributed by atoms with Gasteiger partial charge >= 0.3 is 0 Å². The Bertz CT molecular complexity index is 1010. The molecular formula is C20H23F2N3O3S2. The average Bonchev–Trinajstić information content (AvgIpc) is 3.41. The van der Waals surface area contributed by atoms with Crippen LogP contribution in [0.25, 0.3) is 0 Å². The van der Waals surface area contributed by atoms with E-state index in [2.05, 4.69) is 11.0 Å². The normalized spacial score (nSPS) is 21.3. The largest absolute Gasteiger partial charge is 0.339 e. The second kappa shape index (κ2) is 8.70. The fourth-order valence-electron chi connectivity index (χ4n) is 4.06. The van der Waals surface area contributed by atoms with Crippen LogP contribution in [0.3, 0.4) is 0 Å². The summed E-state index contributed by atoms with van der Waals surface area (Å²) in [5.41, 5.74) is 0. The molecule has 1 aromatic heterocycles. The Hall–Kier alpha value is -1.88. The highest BCUT2D eigenvalue weighted by Gasteiger charge is 2.33. The van der Waals surface area contributed by atoms with Crippen molar-refractivity contribution in [3.8, 4) is 0 Å². The molecule has 0 N–H and O–H groups in total. The van der Waals surface area contributed by atoms with Crippen molar-refractivity contribution in [2.24, 2.45) is 0 Å². The number of carbonyl (C=O) groups excluding carboxylic acids is 1. The summed E-state index contributed by atoms with van der Waals surface area (Å²) in [5, 5.41) is 2.04. The third kappa shape index (κ3) is 4.27. The summed E-state index contributed by atoms with van der Waals surface area (Å²) in [6.07, 6.45) is 2.09. The van der Waals surface area contributed by atoms with Crippen molar-refractivity contribution in [1.29, 1.82) is 0 Å². The standard InChI is InChI=1S/C20H23F2N3O3S2/c21-16-6-5-15(13-17(16)22)30(27,28)25-10-8-23(9-11-25)20(26)14-24-7-1-3-18(24)19-4-2-12-29-19/h2,4-6,12-13,18H,1,3,7-11,14H2/t18-/m0/s1. The smallest absolute Gasteiger partial charge is 0.243 e. The van der Waals surface area contributed by atoms with Gasteiger partial charge in [0.2, 0.25) is 15.9 Å². The van der Waals surface area contributed by atoms with Crippen LogP contribution in [0.15, 0.2) is 40.6 Å². The van der Waals surface area contributed by atoms with Crippen LogP contribution in [0.4, 0.5) is 8.78 Å². The van der Waals surface area contributed by atoms with Crippen LogP contribution in [-0.2, 0) is 14.8 Å². The molecule has 1 aromatic carbocycles. The first-order valence-corrected chi connectivity index (χ1v) is 12.2. The molecular weight excluding hydrogens is 432 g/mol. The van der Waals surface area contributed by atoms with E-state index in [9.17, 15) is 22.0 Å². The molecule has 0 spiro atoms. The van der Waals surface area contributed by atoms with Gasteiger partial charge in [0.25, 0.3) is 0 Å². The molecule has 30 heavy (non-hydrogen) atoms. The number of likely N-dealkylation sites (tertiary alicyclic amines) is 1. The lowest BCUT2D eigenvalue weighted by Crippen LogP contribution is -2.52. The lowest BCUT2D eigenvalue weighted by Gasteiger charge is -2.35. The van der Waals surface area contributed by atoms with E-state index < -0.39 is 21.7 Å². The molecule has 2 aliphatic rings. The molecule has 2 aromatic rings. The summed E-state index contributed by atoms with van der Waals surface area (Å²) in [7, 11) is -3.93. The van der Waals surface area contributed by atoms with Gasteiger partial charge in [-0.2, -0.15) is 4.31 Å². The maximum atomic E-state index is 13.5. The van der Waals surface area contributed by atoms with Gasteiger partial charge in [0, 0.05) is 37.1 Å². The quantitative estimate of drug-likeness (QED) is 0.696. The Balaban J connectivity index is 1.36. The Morgan fingerprint density at radius 3 is 2.50 bits per heavy atom. The summed E-state index contributed by atoms with van der Waals surface area (Å²) in [6.45, 7) is 2.00. The van der Waals surface area contributed by atoms with Crippen molar-refractivity contribution < 1.29 is 22.0 Å². The van der Waals surface area contributed by atoms with Crippen LogP contribution in [0.1, 0.15) is 23.8 Å². The Morgan fingerprint density at radius 2 is 1.83 bits per heavy atom. The predicted octanol–water partition coefficient (Wildman–Crippen LogP) is 2.70. The van der Waals surface area contributed by atoms with Gasteiger partial charge in [-0.1, -0.05) is 6.07 Å². The SMILES string of the molecule is O=C(CN1CCC[C@H]1c1cccs1)N1CCN(S(=O)(=O)c2ccc(F)c(F)c2)CC1. The zero-order valence-corrected chi connectivity index (χ0v) is 18.0. The lowest BCUT2D eigenvalue weighted by atomic mass is 10.2. The number of benzene rings is 1. The number of nitrogens with zero attached hydrogens (tertiary/aromatic N) is 3. The minimum atomic E-state index is -3.93. The minimum absolute atomic E-state index is 0.0108. The van der Waals surface area contributed by atoms with Gasteiger partial charge in [-0.15, -0.1) is 11.3 Å². The molecule has 1 amide bonds.